The van der Waals surface area contributed by atoms with Crippen LogP contribution in [0, 0.1) is 11.6 Å². The Kier molecular flexibility index (Phi) is 9.89. The molecule has 3 aromatic carbocycles. The minimum atomic E-state index is -0.735. The Morgan fingerprint density at radius 3 is 2.49 bits per heavy atom. The summed E-state index contributed by atoms with van der Waals surface area (Å²) in [7, 11) is 0. The lowest BCUT2D eigenvalue weighted by Crippen LogP contribution is -2.31. The molecule has 0 aliphatic heterocycles. The lowest BCUT2D eigenvalue weighted by molar-refractivity contribution is -0.122. The average molecular weight is 680 g/mol. The van der Waals surface area contributed by atoms with Crippen LogP contribution >= 0.6 is 23.2 Å². The van der Waals surface area contributed by atoms with Crippen LogP contribution in [0.1, 0.15) is 74.2 Å². The highest BCUT2D eigenvalue weighted by Crippen LogP contribution is 2.44. The van der Waals surface area contributed by atoms with E-state index in [0.717, 1.165) is 37.7 Å². The van der Waals surface area contributed by atoms with Crippen molar-refractivity contribution in [2.24, 2.45) is 0 Å². The normalized spacial score (nSPS) is 14.3. The summed E-state index contributed by atoms with van der Waals surface area (Å²) >= 11 is 12.8. The van der Waals surface area contributed by atoms with Crippen molar-refractivity contribution in [3.05, 3.63) is 99.3 Å². The van der Waals surface area contributed by atoms with Gasteiger partial charge in [-0.05, 0) is 61.1 Å². The molecule has 1 saturated carbocycles. The Balaban J connectivity index is 1.56. The van der Waals surface area contributed by atoms with E-state index in [1.165, 1.54) is 24.3 Å². The van der Waals surface area contributed by atoms with Gasteiger partial charge in [-0.3, -0.25) is 9.36 Å². The summed E-state index contributed by atoms with van der Waals surface area (Å²) in [5.74, 6) is -1.86. The maximum absolute atomic E-state index is 16.7. The summed E-state index contributed by atoms with van der Waals surface area (Å²) in [6.45, 7) is 2.28. The van der Waals surface area contributed by atoms with Gasteiger partial charge in [0.2, 0.25) is 5.91 Å². The second-order valence-corrected chi connectivity index (χ2v) is 12.5. The number of nitrogens with two attached hydrogens (primary N) is 1. The van der Waals surface area contributed by atoms with Crippen molar-refractivity contribution >= 4 is 35.1 Å². The van der Waals surface area contributed by atoms with Crippen LogP contribution in [-0.4, -0.2) is 32.2 Å². The van der Waals surface area contributed by atoms with Crippen LogP contribution in [0.15, 0.2) is 65.1 Å². The number of anilines is 1. The Morgan fingerprint density at radius 1 is 1.04 bits per heavy atom. The fourth-order valence-electron chi connectivity index (χ4n) is 6.40. The molecule has 2 heterocycles. The summed E-state index contributed by atoms with van der Waals surface area (Å²) in [5, 5.41) is 10.7. The molecule has 1 aliphatic rings. The predicted octanol–water partition coefficient (Wildman–Crippen LogP) is 8.66. The summed E-state index contributed by atoms with van der Waals surface area (Å²) in [4.78, 5) is 18.8. The van der Waals surface area contributed by atoms with Crippen LogP contribution in [-0.2, 0) is 11.2 Å². The standard InChI is InChI=1S/C35H34Cl2F2N6O2/c1-2-23(33(46)41-18-17-20-9-5-3-6-10-20)24-14-15-25(36)28(39)31(24)45-30(22-13-16-27(38)26(37)19-22)29(34-43-44-35(40)47-34)42-32(45)21-11-7-4-8-12-21/h3,5-6,9-10,13-16,19,21,23H,2,4,7-8,11-12,17-18H2,1H3,(H2,40,44)(H,41,46). The number of carbonyl (C=O) groups is 1. The second kappa shape index (κ2) is 14.2. The number of amides is 1. The molecule has 0 radical (unpaired) electrons. The largest absolute Gasteiger partial charge is 0.402 e. The van der Waals surface area contributed by atoms with Gasteiger partial charge in [0.05, 0.1) is 27.3 Å². The van der Waals surface area contributed by atoms with Gasteiger partial charge < -0.3 is 15.5 Å². The maximum Gasteiger partial charge on any atom is 0.313 e. The molecular weight excluding hydrogens is 645 g/mol. The number of aromatic nitrogens is 4. The third-order valence-corrected chi connectivity index (χ3v) is 9.27. The Morgan fingerprint density at radius 2 is 1.81 bits per heavy atom. The highest BCUT2D eigenvalue weighted by molar-refractivity contribution is 6.31. The Hall–Kier alpha value is -4.28. The molecule has 1 unspecified atom stereocenters. The highest BCUT2D eigenvalue weighted by Gasteiger charge is 2.34. The van der Waals surface area contributed by atoms with Crippen LogP contribution in [0.2, 0.25) is 10.0 Å². The topological polar surface area (TPSA) is 112 Å². The smallest absolute Gasteiger partial charge is 0.313 e. The molecule has 1 fully saturated rings. The molecule has 1 amide bonds. The second-order valence-electron chi connectivity index (χ2n) is 11.7. The van der Waals surface area contributed by atoms with Crippen molar-refractivity contribution in [1.82, 2.24) is 25.1 Å². The van der Waals surface area contributed by atoms with Gasteiger partial charge in [0, 0.05) is 18.0 Å². The number of nitrogens with one attached hydrogen (secondary N) is 1. The fourth-order valence-corrected chi connectivity index (χ4v) is 6.73. The molecule has 0 saturated heterocycles. The highest BCUT2D eigenvalue weighted by atomic mass is 35.5. The van der Waals surface area contributed by atoms with Gasteiger partial charge >= 0.3 is 6.01 Å². The summed E-state index contributed by atoms with van der Waals surface area (Å²) in [6.07, 6.45) is 5.63. The minimum Gasteiger partial charge on any atom is -0.402 e. The van der Waals surface area contributed by atoms with E-state index in [1.54, 1.807) is 10.6 Å². The van der Waals surface area contributed by atoms with E-state index < -0.39 is 17.6 Å². The average Bonchev–Trinajstić information content (AvgIpc) is 3.69. The molecule has 6 rings (SSSR count). The number of benzene rings is 3. The molecule has 0 bridgehead atoms. The van der Waals surface area contributed by atoms with Crippen LogP contribution in [0.4, 0.5) is 14.8 Å². The van der Waals surface area contributed by atoms with Gasteiger partial charge in [0.15, 0.2) is 11.5 Å². The molecule has 1 aliphatic carbocycles. The first-order valence-corrected chi connectivity index (χ1v) is 16.5. The molecule has 5 aromatic rings. The van der Waals surface area contributed by atoms with Crippen molar-refractivity contribution in [3.63, 3.8) is 0 Å². The van der Waals surface area contributed by atoms with E-state index in [0.29, 0.717) is 42.0 Å². The lowest BCUT2D eigenvalue weighted by atomic mass is 9.88. The van der Waals surface area contributed by atoms with Gasteiger partial charge in [-0.1, -0.05) is 90.9 Å². The van der Waals surface area contributed by atoms with Gasteiger partial charge in [-0.25, -0.2) is 13.8 Å². The lowest BCUT2D eigenvalue weighted by Gasteiger charge is -2.26. The monoisotopic (exact) mass is 678 g/mol. The van der Waals surface area contributed by atoms with E-state index >= 15 is 4.39 Å². The zero-order valence-electron chi connectivity index (χ0n) is 25.8. The van der Waals surface area contributed by atoms with Crippen molar-refractivity contribution in [1.29, 1.82) is 0 Å². The van der Waals surface area contributed by atoms with Crippen molar-refractivity contribution in [2.75, 3.05) is 12.3 Å². The van der Waals surface area contributed by atoms with Gasteiger partial charge in [0.25, 0.3) is 5.89 Å². The zero-order valence-corrected chi connectivity index (χ0v) is 27.3. The Bertz CT molecular complexity index is 1890. The first-order valence-electron chi connectivity index (χ1n) is 15.7. The SMILES string of the molecule is CCC(C(=O)NCCc1ccccc1)c1ccc(Cl)c(F)c1-n1c(C2CCCCC2)nc(-c2nnc(N)o2)c1-c1ccc(F)c(Cl)c1. The first-order chi connectivity index (χ1) is 22.8. The van der Waals surface area contributed by atoms with Crippen LogP contribution in [0.25, 0.3) is 28.5 Å². The third-order valence-electron chi connectivity index (χ3n) is 8.69. The molecule has 1 atom stereocenters. The maximum atomic E-state index is 16.7. The van der Waals surface area contributed by atoms with E-state index in [9.17, 15) is 9.18 Å². The molecule has 8 nitrogen and oxygen atoms in total. The number of hydrogen-bond acceptors (Lipinski definition) is 6. The van der Waals surface area contributed by atoms with Gasteiger partial charge in [-0.2, -0.15) is 0 Å². The summed E-state index contributed by atoms with van der Waals surface area (Å²) < 4.78 is 38.5. The quantitative estimate of drug-likeness (QED) is 0.153. The number of nitrogens with zero attached hydrogens (tertiary/aromatic N) is 4. The van der Waals surface area contributed by atoms with Crippen LogP contribution < -0.4 is 11.1 Å². The molecule has 0 spiro atoms. The first kappa shape index (κ1) is 32.7. The third kappa shape index (κ3) is 6.75. The number of imidazole rings is 1. The molecule has 2 aromatic heterocycles. The molecule has 47 heavy (non-hydrogen) atoms. The van der Waals surface area contributed by atoms with E-state index in [-0.39, 0.29) is 45.2 Å². The van der Waals surface area contributed by atoms with Crippen molar-refractivity contribution in [3.8, 4) is 28.5 Å². The summed E-state index contributed by atoms with van der Waals surface area (Å²) in [6, 6.07) is 17.0. The number of halogens is 4. The number of hydrogen-bond donors (Lipinski definition) is 2. The zero-order chi connectivity index (χ0) is 33.1. The van der Waals surface area contributed by atoms with Crippen LogP contribution in [0.3, 0.4) is 0 Å². The minimum absolute atomic E-state index is 0.00318. The van der Waals surface area contributed by atoms with Crippen LogP contribution in [0.5, 0.6) is 0 Å². The number of nitrogen functional groups attached to an aromatic ring is 1. The molecule has 244 valence electrons. The Labute approximate surface area is 281 Å². The molecule has 12 heteroatoms. The predicted molar refractivity (Wildman–Crippen MR) is 179 cm³/mol. The summed E-state index contributed by atoms with van der Waals surface area (Å²) in [5.41, 5.74) is 8.38. The van der Waals surface area contributed by atoms with E-state index in [4.69, 9.17) is 38.3 Å². The van der Waals surface area contributed by atoms with Crippen molar-refractivity contribution in [2.45, 2.75) is 63.7 Å². The van der Waals surface area contributed by atoms with Crippen molar-refractivity contribution < 1.29 is 18.0 Å². The number of rotatable bonds is 10. The van der Waals surface area contributed by atoms with Gasteiger partial charge in [-0.15, -0.1) is 5.10 Å². The van der Waals surface area contributed by atoms with Gasteiger partial charge in [0.1, 0.15) is 11.6 Å². The number of carbonyl (C=O) groups excluding carboxylic acids is 1. The van der Waals surface area contributed by atoms with E-state index in [2.05, 4.69) is 15.5 Å². The molecular formula is C35H34Cl2F2N6O2. The molecule has 3 N–H and O–H groups in total. The van der Waals surface area contributed by atoms with E-state index in [1.807, 2.05) is 37.3 Å². The fraction of sp³-hybridized carbons (Fsp3) is 0.314.